The standard InChI is InChI=1S/C55H41N/c1-55(2)53-21-9-8-18-51(53)52-20-11-19-50(54(52)55)42-28-34-49(35-29-42)56(47-30-24-40(25-31-47)38-12-4-3-5-13-38)48-32-26-41(27-33-48)44-16-10-17-45(36-44)46-23-22-39-14-6-7-15-43(39)37-46/h3-37H,1-2H3/i3D,4D,5D,12D,13D,24D,25D,28D,29D,30D,31D,34D,35D. The highest BCUT2D eigenvalue weighted by Gasteiger charge is 2.37. The van der Waals surface area contributed by atoms with E-state index < -0.39 is 88.7 Å². The molecule has 266 valence electrons. The second-order valence-electron chi connectivity index (χ2n) is 14.4. The summed E-state index contributed by atoms with van der Waals surface area (Å²) in [5.74, 6) is 0. The zero-order valence-corrected chi connectivity index (χ0v) is 30.6. The van der Waals surface area contributed by atoms with Gasteiger partial charge in [-0.25, -0.2) is 0 Å². The Morgan fingerprint density at radius 3 is 1.68 bits per heavy atom. The molecule has 0 bridgehead atoms. The van der Waals surface area contributed by atoms with Crippen molar-refractivity contribution >= 4 is 27.8 Å². The van der Waals surface area contributed by atoms with Crippen molar-refractivity contribution < 1.29 is 17.8 Å². The average molecular weight is 729 g/mol. The Bertz CT molecular complexity index is 3550. The Morgan fingerprint density at radius 1 is 0.375 bits per heavy atom. The fourth-order valence-corrected chi connectivity index (χ4v) is 7.95. The molecule has 1 aliphatic rings. The van der Waals surface area contributed by atoms with Gasteiger partial charge in [-0.2, -0.15) is 0 Å². The van der Waals surface area contributed by atoms with E-state index in [1.807, 2.05) is 66.7 Å². The van der Waals surface area contributed by atoms with E-state index in [0.29, 0.717) is 5.56 Å². The number of hydrogen-bond donors (Lipinski definition) is 0. The zero-order chi connectivity index (χ0) is 49.0. The number of anilines is 3. The summed E-state index contributed by atoms with van der Waals surface area (Å²) in [6.07, 6.45) is 0. The highest BCUT2D eigenvalue weighted by atomic mass is 15.1. The molecule has 0 saturated heterocycles. The normalized spacial score (nSPS) is 15.9. The van der Waals surface area contributed by atoms with Crippen LogP contribution in [-0.4, -0.2) is 0 Å². The highest BCUT2D eigenvalue weighted by Crippen LogP contribution is 2.52. The van der Waals surface area contributed by atoms with Crippen LogP contribution >= 0.6 is 0 Å². The first kappa shape index (κ1) is 22.4. The first-order valence-corrected chi connectivity index (χ1v) is 18.5. The van der Waals surface area contributed by atoms with Crippen LogP contribution in [0, 0.1) is 0 Å². The minimum absolute atomic E-state index is 0.0594. The minimum atomic E-state index is -0.731. The third-order valence-electron chi connectivity index (χ3n) is 10.7. The van der Waals surface area contributed by atoms with Gasteiger partial charge in [0.2, 0.25) is 0 Å². The molecule has 0 spiro atoms. The number of fused-ring (bicyclic) bond motifs is 4. The van der Waals surface area contributed by atoms with Gasteiger partial charge in [-0.05, 0) is 126 Å². The summed E-state index contributed by atoms with van der Waals surface area (Å²) < 4.78 is 118. The smallest absolute Gasteiger partial charge is 0.0645 e. The Labute approximate surface area is 348 Å². The molecule has 9 aromatic carbocycles. The molecule has 0 unspecified atom stereocenters. The van der Waals surface area contributed by atoms with Crippen LogP contribution in [0.1, 0.15) is 42.8 Å². The van der Waals surface area contributed by atoms with Crippen LogP contribution in [-0.2, 0) is 5.41 Å². The molecule has 0 N–H and O–H groups in total. The van der Waals surface area contributed by atoms with Crippen molar-refractivity contribution in [2.24, 2.45) is 0 Å². The SMILES string of the molecule is [2H]c1c([2H])c([2H])c(-c2c([2H])c([2H])c(N(c3ccc(-c4cccc(-c5ccc6ccccc6c5)c4)cc3)c3c([2H])c([2H])c(-c4cccc5c4C(C)(C)c4ccccc4-5)c([2H])c3[2H])c([2H])c2[2H])c([2H])c1[2H]. The summed E-state index contributed by atoms with van der Waals surface area (Å²) in [4.78, 5) is 1.20. The van der Waals surface area contributed by atoms with Crippen molar-refractivity contribution in [3.63, 3.8) is 0 Å². The third kappa shape index (κ3) is 5.90. The molecule has 56 heavy (non-hydrogen) atoms. The molecule has 0 radical (unpaired) electrons. The molecule has 0 aromatic heterocycles. The first-order chi connectivity index (χ1) is 32.9. The third-order valence-corrected chi connectivity index (χ3v) is 10.7. The molecule has 10 rings (SSSR count). The Morgan fingerprint density at radius 2 is 0.929 bits per heavy atom. The van der Waals surface area contributed by atoms with E-state index in [0.717, 1.165) is 55.3 Å². The minimum Gasteiger partial charge on any atom is -0.311 e. The molecule has 0 aliphatic heterocycles. The summed E-state index contributed by atoms with van der Waals surface area (Å²) in [6, 6.07) is 34.7. The van der Waals surface area contributed by atoms with Crippen molar-refractivity contribution in [3.8, 4) is 55.6 Å². The summed E-state index contributed by atoms with van der Waals surface area (Å²) in [7, 11) is 0. The van der Waals surface area contributed by atoms with Crippen LogP contribution in [0.25, 0.3) is 66.4 Å². The van der Waals surface area contributed by atoms with Crippen molar-refractivity contribution in [1.29, 1.82) is 0 Å². The van der Waals surface area contributed by atoms with E-state index in [4.69, 9.17) is 6.85 Å². The van der Waals surface area contributed by atoms with Gasteiger partial charge >= 0.3 is 0 Å². The van der Waals surface area contributed by atoms with Gasteiger partial charge in [0, 0.05) is 22.5 Å². The molecule has 0 atom stereocenters. The molecule has 9 aromatic rings. The van der Waals surface area contributed by atoms with Gasteiger partial charge in [-0.3, -0.25) is 0 Å². The van der Waals surface area contributed by atoms with Crippen LogP contribution in [0.4, 0.5) is 17.1 Å². The lowest BCUT2D eigenvalue weighted by Crippen LogP contribution is -2.16. The van der Waals surface area contributed by atoms with Gasteiger partial charge in [0.1, 0.15) is 0 Å². The lowest BCUT2D eigenvalue weighted by Gasteiger charge is -2.27. The molecule has 0 fully saturated rings. The molecule has 0 heterocycles. The molecular formula is C55H41N. The topological polar surface area (TPSA) is 3.24 Å². The second kappa shape index (κ2) is 13.7. The fourth-order valence-electron chi connectivity index (χ4n) is 7.95. The predicted molar refractivity (Wildman–Crippen MR) is 238 cm³/mol. The van der Waals surface area contributed by atoms with Gasteiger partial charge in [0.15, 0.2) is 0 Å². The maximum atomic E-state index is 9.70. The summed E-state index contributed by atoms with van der Waals surface area (Å²) in [5, 5.41) is 2.22. The molecular weight excluding hydrogens is 675 g/mol. The Kier molecular flexibility index (Phi) is 5.49. The summed E-state index contributed by atoms with van der Waals surface area (Å²) in [5.41, 5.74) is 5.86. The predicted octanol–water partition coefficient (Wildman–Crippen LogP) is 15.3. The van der Waals surface area contributed by atoms with E-state index in [-0.39, 0.29) is 29.0 Å². The number of nitrogens with zero attached hydrogens (tertiary/aromatic N) is 1. The van der Waals surface area contributed by atoms with Crippen molar-refractivity contribution in [3.05, 3.63) is 223 Å². The second-order valence-corrected chi connectivity index (χ2v) is 14.4. The molecule has 1 aliphatic carbocycles. The Hall–Kier alpha value is -6.96. The first-order valence-electron chi connectivity index (χ1n) is 25.0. The van der Waals surface area contributed by atoms with Crippen LogP contribution in [0.15, 0.2) is 212 Å². The van der Waals surface area contributed by atoms with E-state index in [1.165, 1.54) is 4.90 Å². The van der Waals surface area contributed by atoms with E-state index in [2.05, 4.69) is 50.2 Å². The quantitative estimate of drug-likeness (QED) is 0.158. The van der Waals surface area contributed by atoms with E-state index >= 15 is 0 Å². The maximum Gasteiger partial charge on any atom is 0.0645 e. The number of hydrogen-bond acceptors (Lipinski definition) is 1. The molecule has 0 amide bonds. The van der Waals surface area contributed by atoms with Crippen LogP contribution < -0.4 is 4.90 Å². The van der Waals surface area contributed by atoms with Gasteiger partial charge < -0.3 is 4.90 Å². The van der Waals surface area contributed by atoms with Crippen molar-refractivity contribution in [1.82, 2.24) is 0 Å². The monoisotopic (exact) mass is 728 g/mol. The van der Waals surface area contributed by atoms with Gasteiger partial charge in [0.25, 0.3) is 0 Å². The van der Waals surface area contributed by atoms with Crippen LogP contribution in [0.2, 0.25) is 0 Å². The van der Waals surface area contributed by atoms with Gasteiger partial charge in [-0.15, -0.1) is 0 Å². The lowest BCUT2D eigenvalue weighted by atomic mass is 9.79. The van der Waals surface area contributed by atoms with Crippen molar-refractivity contribution in [2.75, 3.05) is 4.90 Å². The van der Waals surface area contributed by atoms with Gasteiger partial charge in [-0.1, -0.05) is 177 Å². The van der Waals surface area contributed by atoms with E-state index in [1.54, 1.807) is 30.3 Å². The number of rotatable bonds is 7. The van der Waals surface area contributed by atoms with Gasteiger partial charge in [0.05, 0.1) is 17.8 Å². The summed E-state index contributed by atoms with van der Waals surface area (Å²) >= 11 is 0. The lowest BCUT2D eigenvalue weighted by molar-refractivity contribution is 0.662. The Balaban J connectivity index is 1.18. The number of benzene rings is 9. The van der Waals surface area contributed by atoms with Crippen molar-refractivity contribution in [2.45, 2.75) is 19.3 Å². The highest BCUT2D eigenvalue weighted by molar-refractivity contribution is 5.90. The zero-order valence-electron chi connectivity index (χ0n) is 43.6. The molecule has 1 nitrogen and oxygen atoms in total. The fraction of sp³-hybridized carbons (Fsp3) is 0.0545. The van der Waals surface area contributed by atoms with Crippen LogP contribution in [0.3, 0.4) is 0 Å². The maximum absolute atomic E-state index is 9.70. The van der Waals surface area contributed by atoms with E-state index in [9.17, 15) is 11.0 Å². The largest absolute Gasteiger partial charge is 0.311 e. The molecule has 0 saturated carbocycles. The average Bonchev–Trinajstić information content (AvgIpc) is 3.60. The summed E-state index contributed by atoms with van der Waals surface area (Å²) in [6.45, 7) is 4.13. The van der Waals surface area contributed by atoms with Crippen LogP contribution in [0.5, 0.6) is 0 Å². The molecule has 1 heteroatoms.